The van der Waals surface area contributed by atoms with Crippen molar-refractivity contribution >= 4 is 34.2 Å². The molecule has 0 spiro atoms. The van der Waals surface area contributed by atoms with E-state index in [2.05, 4.69) is 21.1 Å². The summed E-state index contributed by atoms with van der Waals surface area (Å²) >= 11 is 11.6. The second-order valence-corrected chi connectivity index (χ2v) is 4.96. The topological polar surface area (TPSA) is 60.7 Å². The fraction of sp³-hybridized carbons (Fsp3) is 0.0769. The maximum atomic E-state index is 13.6. The van der Waals surface area contributed by atoms with Crippen molar-refractivity contribution in [2.75, 3.05) is 0 Å². The van der Waals surface area contributed by atoms with E-state index in [0.717, 1.165) is 16.2 Å². The maximum Gasteiger partial charge on any atom is 0.353 e. The molecule has 0 N–H and O–H groups in total. The van der Waals surface area contributed by atoms with Gasteiger partial charge >= 0.3 is 5.69 Å². The fourth-order valence-electron chi connectivity index (χ4n) is 1.91. The molecule has 0 aliphatic rings. The van der Waals surface area contributed by atoms with Crippen molar-refractivity contribution in [2.24, 2.45) is 0 Å². The normalized spacial score (nSPS) is 10.5. The molecule has 0 saturated heterocycles. The summed E-state index contributed by atoms with van der Waals surface area (Å²) in [6.07, 6.45) is 4.23. The first-order valence-corrected chi connectivity index (χ1v) is 6.52. The minimum absolute atomic E-state index is 0. The number of halogens is 3. The van der Waals surface area contributed by atoms with E-state index in [9.17, 15) is 9.18 Å². The third kappa shape index (κ3) is 3.02. The van der Waals surface area contributed by atoms with Crippen LogP contribution in [0.4, 0.5) is 4.39 Å². The van der Waals surface area contributed by atoms with E-state index in [0.29, 0.717) is 5.69 Å². The molecule has 0 amide bonds. The van der Waals surface area contributed by atoms with Gasteiger partial charge < -0.3 is 4.98 Å². The number of aryl methyl sites for hydroxylation is 1. The van der Waals surface area contributed by atoms with Gasteiger partial charge in [-0.3, -0.25) is 4.57 Å². The van der Waals surface area contributed by atoms with Crippen molar-refractivity contribution in [1.29, 1.82) is 0 Å². The zero-order chi connectivity index (χ0) is 15.1. The van der Waals surface area contributed by atoms with Crippen LogP contribution in [0.15, 0.2) is 23.1 Å². The van der Waals surface area contributed by atoms with E-state index in [1.54, 1.807) is 13.0 Å². The van der Waals surface area contributed by atoms with Crippen LogP contribution in [0, 0.1) is 60.2 Å². The van der Waals surface area contributed by atoms with Crippen LogP contribution in [-0.2, 0) is 0 Å². The second-order valence-electron chi connectivity index (χ2n) is 4.24. The van der Waals surface area contributed by atoms with Crippen molar-refractivity contribution < 1.29 is 45.7 Å². The summed E-state index contributed by atoms with van der Waals surface area (Å²) in [6, 6.07) is 2.78. The molecular formula is C13H6Cl2FN4OPr-. The van der Waals surface area contributed by atoms with Gasteiger partial charge in [0.05, 0.1) is 5.39 Å². The average Bonchev–Trinajstić information content (AvgIpc) is 2.43. The van der Waals surface area contributed by atoms with Crippen LogP contribution in [0.2, 0.25) is 10.3 Å². The molecule has 0 aliphatic carbocycles. The van der Waals surface area contributed by atoms with E-state index in [-0.39, 0.29) is 62.6 Å². The fourth-order valence-corrected chi connectivity index (χ4v) is 2.25. The minimum atomic E-state index is -0.745. The summed E-state index contributed by atoms with van der Waals surface area (Å²) in [6.45, 7) is 1.77. The van der Waals surface area contributed by atoms with Gasteiger partial charge in [0.1, 0.15) is 5.15 Å². The number of hydrogen-bond donors (Lipinski definition) is 0. The Kier molecular flexibility index (Phi) is 5.48. The molecule has 9 heteroatoms. The summed E-state index contributed by atoms with van der Waals surface area (Å²) < 4.78 is 14.7. The van der Waals surface area contributed by atoms with Crippen LogP contribution in [-0.4, -0.2) is 19.5 Å². The molecule has 0 aromatic carbocycles. The third-order valence-electron chi connectivity index (χ3n) is 2.90. The van der Waals surface area contributed by atoms with Crippen molar-refractivity contribution in [3.8, 4) is 5.69 Å². The molecule has 3 heterocycles. The quantitative estimate of drug-likeness (QED) is 0.315. The monoisotopic (exact) mass is 464 g/mol. The van der Waals surface area contributed by atoms with E-state index in [1.807, 2.05) is 0 Å². The molecule has 0 saturated carbocycles. The van der Waals surface area contributed by atoms with E-state index in [4.69, 9.17) is 23.2 Å². The van der Waals surface area contributed by atoms with Crippen molar-refractivity contribution in [3.63, 3.8) is 0 Å². The van der Waals surface area contributed by atoms with Gasteiger partial charge in [-0.1, -0.05) is 42.5 Å². The Morgan fingerprint density at radius 2 is 2.00 bits per heavy atom. The molecule has 22 heavy (non-hydrogen) atoms. The van der Waals surface area contributed by atoms with Gasteiger partial charge in [0.15, 0.2) is 16.6 Å². The molecule has 3 aromatic heterocycles. The second kappa shape index (κ2) is 6.83. The number of pyridine rings is 2. The summed E-state index contributed by atoms with van der Waals surface area (Å²) in [4.78, 5) is 23.6. The average molecular weight is 465 g/mol. The molecule has 0 fully saturated rings. The predicted octanol–water partition coefficient (Wildman–Crippen LogP) is 2.73. The Labute approximate surface area is 167 Å². The van der Waals surface area contributed by atoms with Crippen LogP contribution in [0.3, 0.4) is 0 Å². The largest absolute Gasteiger partial charge is 0.392 e. The Bertz CT molecular complexity index is 932. The zero-order valence-corrected chi connectivity index (χ0v) is 16.4. The standard InChI is InChI=1S/C13H6Cl2FN4O.Pr/c1-6-2-3-17-5-9(6)20-12-7(10(14)19-13(20)21)4-8(16)11(15)18-12;/h2-4H,1H3;/q-1;. The summed E-state index contributed by atoms with van der Waals surface area (Å²) in [5.41, 5.74) is 0.500. The Morgan fingerprint density at radius 1 is 1.27 bits per heavy atom. The SMILES string of the molecule is Cc1ccn[c-]c1-n1c(=O)nc(Cl)c2cc(F)c(Cl)nc21.[Pr]. The smallest absolute Gasteiger partial charge is 0.353 e. The van der Waals surface area contributed by atoms with Crippen LogP contribution >= 0.6 is 23.2 Å². The van der Waals surface area contributed by atoms with Gasteiger partial charge in [0.25, 0.3) is 0 Å². The van der Waals surface area contributed by atoms with Gasteiger partial charge in [-0.05, 0) is 11.8 Å². The maximum absolute atomic E-state index is 13.6. The molecular weight excluding hydrogens is 459 g/mol. The molecule has 0 atom stereocenters. The first-order valence-electron chi connectivity index (χ1n) is 5.77. The van der Waals surface area contributed by atoms with Crippen molar-refractivity contribution in [3.05, 3.63) is 56.7 Å². The first-order chi connectivity index (χ1) is 9.99. The number of aromatic nitrogens is 4. The molecule has 3 rings (SSSR count). The number of hydrogen-bond acceptors (Lipinski definition) is 4. The number of nitrogens with zero attached hydrogens (tertiary/aromatic N) is 4. The van der Waals surface area contributed by atoms with Crippen LogP contribution < -0.4 is 5.69 Å². The van der Waals surface area contributed by atoms with Crippen LogP contribution in [0.1, 0.15) is 5.56 Å². The number of rotatable bonds is 1. The van der Waals surface area contributed by atoms with Crippen LogP contribution in [0.25, 0.3) is 16.7 Å². The first kappa shape index (κ1) is 17.7. The van der Waals surface area contributed by atoms with E-state index in [1.165, 1.54) is 6.20 Å². The van der Waals surface area contributed by atoms with Gasteiger partial charge in [-0.25, -0.2) is 14.2 Å². The minimum Gasteiger partial charge on any atom is -0.392 e. The van der Waals surface area contributed by atoms with Gasteiger partial charge in [-0.2, -0.15) is 11.1 Å². The third-order valence-corrected chi connectivity index (χ3v) is 3.45. The summed E-state index contributed by atoms with van der Waals surface area (Å²) in [7, 11) is 0. The van der Waals surface area contributed by atoms with E-state index < -0.39 is 11.5 Å². The zero-order valence-electron chi connectivity index (χ0n) is 11.1. The molecule has 0 bridgehead atoms. The van der Waals surface area contributed by atoms with Crippen LogP contribution in [0.5, 0.6) is 0 Å². The van der Waals surface area contributed by atoms with Gasteiger partial charge in [0, 0.05) is 41.3 Å². The summed E-state index contributed by atoms with van der Waals surface area (Å²) in [5, 5.41) is -0.329. The molecule has 5 nitrogen and oxygen atoms in total. The molecule has 109 valence electrons. The predicted molar refractivity (Wildman–Crippen MR) is 76.5 cm³/mol. The molecule has 3 aromatic rings. The van der Waals surface area contributed by atoms with E-state index >= 15 is 0 Å². The number of fused-ring (bicyclic) bond motifs is 1. The van der Waals surface area contributed by atoms with Crippen molar-refractivity contribution in [2.45, 2.75) is 6.92 Å². The van der Waals surface area contributed by atoms with Gasteiger partial charge in [0.2, 0.25) is 0 Å². The Morgan fingerprint density at radius 3 is 2.68 bits per heavy atom. The van der Waals surface area contributed by atoms with Crippen molar-refractivity contribution in [1.82, 2.24) is 19.5 Å². The van der Waals surface area contributed by atoms with Gasteiger partial charge in [-0.15, -0.1) is 5.56 Å². The molecule has 1 radical (unpaired) electrons. The molecule has 0 aliphatic heterocycles. The summed E-state index contributed by atoms with van der Waals surface area (Å²) in [5.74, 6) is -0.745. The Hall–Kier alpha value is -0.686. The Balaban J connectivity index is 0.00000176. The molecule has 0 unspecified atom stereocenters.